The van der Waals surface area contributed by atoms with Crippen LogP contribution in [-0.2, 0) is 21.7 Å². The summed E-state index contributed by atoms with van der Waals surface area (Å²) in [6, 6.07) is 25.7. The number of likely N-dealkylation sites (N-methyl/N-ethyl adjacent to an activating group) is 1. The molecule has 4 aromatic carbocycles. The van der Waals surface area contributed by atoms with E-state index in [9.17, 15) is 9.59 Å². The van der Waals surface area contributed by atoms with Gasteiger partial charge in [0.05, 0.1) is 33.7 Å². The fourth-order valence-electron chi connectivity index (χ4n) is 8.21. The topological polar surface area (TPSA) is 77.7 Å². The highest BCUT2D eigenvalue weighted by atomic mass is 16.6. The maximum atomic E-state index is 13.9. The molecule has 214 valence electrons. The molecular weight excluding hydrogens is 540 g/mol. The Morgan fingerprint density at radius 3 is 2.37 bits per heavy atom. The number of benzene rings is 4. The van der Waals surface area contributed by atoms with E-state index in [0.29, 0.717) is 18.5 Å². The highest BCUT2D eigenvalue weighted by molar-refractivity contribution is 6.31. The lowest BCUT2D eigenvalue weighted by Gasteiger charge is -2.49. The molecule has 8 heteroatoms. The van der Waals surface area contributed by atoms with Gasteiger partial charge in [0.25, 0.3) is 11.8 Å². The summed E-state index contributed by atoms with van der Waals surface area (Å²) >= 11 is 0. The van der Waals surface area contributed by atoms with Gasteiger partial charge in [-0.15, -0.1) is 0 Å². The van der Waals surface area contributed by atoms with Gasteiger partial charge in [-0.25, -0.2) is 0 Å². The van der Waals surface area contributed by atoms with E-state index in [-0.39, 0.29) is 17.9 Å². The van der Waals surface area contributed by atoms with Crippen molar-refractivity contribution >= 4 is 55.4 Å². The van der Waals surface area contributed by atoms with Gasteiger partial charge in [0.2, 0.25) is 0 Å². The molecule has 9 rings (SSSR count). The minimum atomic E-state index is -0.854. The lowest BCUT2D eigenvalue weighted by molar-refractivity contribution is -0.251. The molecule has 0 spiro atoms. The number of carbonyl (C=O) groups is 2. The summed E-state index contributed by atoms with van der Waals surface area (Å²) in [4.78, 5) is 29.3. The summed E-state index contributed by atoms with van der Waals surface area (Å²) in [5.74, 6) is -0.108. The number of rotatable bonds is 3. The molecule has 8 nitrogen and oxygen atoms in total. The Balaban J connectivity index is 1.42. The van der Waals surface area contributed by atoms with Gasteiger partial charge in [-0.2, -0.15) is 0 Å². The maximum absolute atomic E-state index is 13.9. The number of para-hydroxylation sites is 2. The molecular formula is C35H30N4O4. The van der Waals surface area contributed by atoms with Crippen LogP contribution in [0.25, 0.3) is 43.6 Å². The monoisotopic (exact) mass is 570 g/mol. The van der Waals surface area contributed by atoms with E-state index in [1.54, 1.807) is 7.11 Å². The van der Waals surface area contributed by atoms with Gasteiger partial charge in [-0.05, 0) is 36.8 Å². The summed E-state index contributed by atoms with van der Waals surface area (Å²) < 4.78 is 18.1. The molecule has 2 aromatic heterocycles. The van der Waals surface area contributed by atoms with Crippen molar-refractivity contribution < 1.29 is 19.1 Å². The van der Waals surface area contributed by atoms with Gasteiger partial charge in [-0.3, -0.25) is 9.59 Å². The van der Waals surface area contributed by atoms with E-state index in [1.165, 1.54) is 0 Å². The smallest absolute Gasteiger partial charge is 0.253 e. The molecule has 2 bridgehead atoms. The van der Waals surface area contributed by atoms with E-state index in [4.69, 9.17) is 9.47 Å². The number of amides is 2. The molecule has 1 saturated heterocycles. The average molecular weight is 571 g/mol. The standard InChI is InChI=1S/C35H30N4O4/c1-35-17-25(37(2)33(41)19-11-5-4-6-12-19)31(42-3)34(43-35)38-23-15-9-7-13-20(23)26-22-18-36-32(40)28(22)27-21-14-8-10-16-24(21)39(35)30(27)29(26)38/h4-16,25,31,34H,17-18H2,1-3H3,(H,36,40)/t25-,31-,34+,35-/m1/s1. The predicted octanol–water partition coefficient (Wildman–Crippen LogP) is 5.91. The summed E-state index contributed by atoms with van der Waals surface area (Å²) in [6.45, 7) is 2.58. The lowest BCUT2D eigenvalue weighted by Crippen LogP contribution is -2.58. The van der Waals surface area contributed by atoms with Gasteiger partial charge in [0, 0.05) is 54.2 Å². The van der Waals surface area contributed by atoms with Gasteiger partial charge in [0.15, 0.2) is 6.23 Å². The predicted molar refractivity (Wildman–Crippen MR) is 165 cm³/mol. The number of nitrogens with one attached hydrogen (secondary N) is 1. The van der Waals surface area contributed by atoms with Gasteiger partial charge >= 0.3 is 0 Å². The number of aromatic nitrogens is 2. The minimum Gasteiger partial charge on any atom is -0.375 e. The van der Waals surface area contributed by atoms with Gasteiger partial charge in [0.1, 0.15) is 11.8 Å². The molecule has 1 fully saturated rings. The van der Waals surface area contributed by atoms with Crippen molar-refractivity contribution in [2.24, 2.45) is 0 Å². The molecule has 3 aliphatic heterocycles. The Bertz CT molecular complexity index is 2180. The number of nitrogens with zero attached hydrogens (tertiary/aromatic N) is 3. The van der Waals surface area contributed by atoms with Crippen LogP contribution in [-0.4, -0.2) is 52.2 Å². The fourth-order valence-corrected chi connectivity index (χ4v) is 8.21. The lowest BCUT2D eigenvalue weighted by atomic mass is 9.92. The molecule has 1 N–H and O–H groups in total. The molecule has 43 heavy (non-hydrogen) atoms. The molecule has 0 radical (unpaired) electrons. The zero-order valence-electron chi connectivity index (χ0n) is 24.1. The van der Waals surface area contributed by atoms with Gasteiger partial charge < -0.3 is 28.8 Å². The average Bonchev–Trinajstić information content (AvgIpc) is 3.68. The van der Waals surface area contributed by atoms with E-state index < -0.39 is 18.1 Å². The minimum absolute atomic E-state index is 0.0456. The second kappa shape index (κ2) is 8.46. The second-order valence-electron chi connectivity index (χ2n) is 12.2. The number of hydrogen-bond donors (Lipinski definition) is 1. The van der Waals surface area contributed by atoms with E-state index in [0.717, 1.165) is 54.7 Å². The third-order valence-corrected chi connectivity index (χ3v) is 9.98. The largest absolute Gasteiger partial charge is 0.375 e. The zero-order chi connectivity index (χ0) is 29.2. The molecule has 3 aliphatic rings. The fraction of sp³-hybridized carbons (Fsp3) is 0.257. The molecule has 0 unspecified atom stereocenters. The second-order valence-corrected chi connectivity index (χ2v) is 12.2. The number of hydrogen-bond acceptors (Lipinski definition) is 4. The SMILES string of the molecule is CO[C@@H]1[C@H](N(C)C(=O)c2ccccc2)C[C@@]2(C)O[C@@H]1n1c3ccccc3c3c4c(c5c6ccccc6n2c5c31)C(=O)NC4. The molecule has 4 atom stereocenters. The van der Waals surface area contributed by atoms with Crippen molar-refractivity contribution in [3.8, 4) is 0 Å². The van der Waals surface area contributed by atoms with Crippen molar-refractivity contribution in [2.75, 3.05) is 14.2 Å². The van der Waals surface area contributed by atoms with E-state index in [2.05, 4.69) is 45.6 Å². The highest BCUT2D eigenvalue weighted by Gasteiger charge is 2.53. The highest BCUT2D eigenvalue weighted by Crippen LogP contribution is 2.54. The van der Waals surface area contributed by atoms with Gasteiger partial charge in [-0.1, -0.05) is 54.6 Å². The normalized spacial score (nSPS) is 24.2. The Labute approximate surface area is 247 Å². The van der Waals surface area contributed by atoms with Crippen LogP contribution in [0, 0.1) is 0 Å². The Kier molecular flexibility index (Phi) is 4.90. The van der Waals surface area contributed by atoms with Crippen molar-refractivity contribution in [1.29, 1.82) is 0 Å². The van der Waals surface area contributed by atoms with Crippen LogP contribution >= 0.6 is 0 Å². The van der Waals surface area contributed by atoms with Crippen LogP contribution in [0.1, 0.15) is 45.9 Å². The van der Waals surface area contributed by atoms with E-state index in [1.807, 2.05) is 66.5 Å². The number of ether oxygens (including phenoxy) is 2. The van der Waals surface area contributed by atoms with E-state index >= 15 is 0 Å². The maximum Gasteiger partial charge on any atom is 0.253 e. The summed E-state index contributed by atoms with van der Waals surface area (Å²) in [7, 11) is 3.57. The first-order valence-corrected chi connectivity index (χ1v) is 14.7. The molecule has 0 saturated carbocycles. The van der Waals surface area contributed by atoms with Crippen molar-refractivity contribution in [1.82, 2.24) is 19.4 Å². The first-order chi connectivity index (χ1) is 20.9. The number of carbonyl (C=O) groups excluding carboxylic acids is 2. The van der Waals surface area contributed by atoms with Crippen molar-refractivity contribution in [3.05, 3.63) is 95.6 Å². The summed E-state index contributed by atoms with van der Waals surface area (Å²) in [6.07, 6.45) is -0.492. The number of methoxy groups -OCH3 is 1. The van der Waals surface area contributed by atoms with Crippen LogP contribution in [0.2, 0.25) is 0 Å². The Hall–Kier alpha value is -4.66. The number of fused-ring (bicyclic) bond motifs is 13. The van der Waals surface area contributed by atoms with Crippen LogP contribution in [0.4, 0.5) is 0 Å². The van der Waals surface area contributed by atoms with Crippen LogP contribution in [0.5, 0.6) is 0 Å². The van der Waals surface area contributed by atoms with Crippen molar-refractivity contribution in [3.63, 3.8) is 0 Å². The molecule has 0 aliphatic carbocycles. The van der Waals surface area contributed by atoms with Crippen LogP contribution in [0.15, 0.2) is 78.9 Å². The molecule has 6 aromatic rings. The van der Waals surface area contributed by atoms with Crippen molar-refractivity contribution in [2.45, 2.75) is 44.0 Å². The molecule has 2 amide bonds. The third kappa shape index (κ3) is 3.02. The third-order valence-electron chi connectivity index (χ3n) is 9.98. The zero-order valence-corrected chi connectivity index (χ0v) is 24.1. The summed E-state index contributed by atoms with van der Waals surface area (Å²) in [5.41, 5.74) is 5.58. The quantitative estimate of drug-likeness (QED) is 0.287. The van der Waals surface area contributed by atoms with Crippen LogP contribution in [0.3, 0.4) is 0 Å². The first-order valence-electron chi connectivity index (χ1n) is 14.7. The Morgan fingerprint density at radius 2 is 1.63 bits per heavy atom. The molecule has 5 heterocycles. The first kappa shape index (κ1) is 24.9. The van der Waals surface area contributed by atoms with Crippen LogP contribution < -0.4 is 5.32 Å². The summed E-state index contributed by atoms with van der Waals surface area (Å²) in [5, 5.41) is 7.24. The Morgan fingerprint density at radius 1 is 0.953 bits per heavy atom.